The number of hydrogen-bond donors (Lipinski definition) is 0. The van der Waals surface area contributed by atoms with Crippen LogP contribution in [-0.4, -0.2) is 16.0 Å². The van der Waals surface area contributed by atoms with Gasteiger partial charge in [-0.15, -0.1) is 0 Å². The highest BCUT2D eigenvalue weighted by Gasteiger charge is 2.35. The minimum absolute atomic E-state index is 0.240. The number of fused-ring (bicyclic) bond motifs is 1. The predicted molar refractivity (Wildman–Crippen MR) is 156 cm³/mol. The molecule has 0 N–H and O–H groups in total. The molecule has 1 aliphatic heterocycles. The molecular weight excluding hydrogens is 670 g/mol. The Morgan fingerprint density at radius 2 is 1.56 bits per heavy atom. The van der Waals surface area contributed by atoms with Gasteiger partial charge >= 0.3 is 0 Å². The molecule has 0 unspecified atom stereocenters. The van der Waals surface area contributed by atoms with Crippen molar-refractivity contribution >= 4 is 87.5 Å². The lowest BCUT2D eigenvalue weighted by Crippen LogP contribution is -2.27. The Balaban J connectivity index is 1.33. The number of benzene rings is 4. The summed E-state index contributed by atoms with van der Waals surface area (Å²) in [5.41, 5.74) is 2.76. The van der Waals surface area contributed by atoms with Crippen molar-refractivity contribution in [2.75, 3.05) is 0 Å². The number of hydrogen-bond acceptors (Lipinski definition) is 4. The number of amides is 2. The van der Waals surface area contributed by atoms with Crippen LogP contribution in [0.5, 0.6) is 5.75 Å². The number of halogens is 3. The highest BCUT2D eigenvalue weighted by Crippen LogP contribution is 2.38. The number of thioether (sulfide) groups is 1. The molecule has 1 heterocycles. The molecule has 4 nitrogen and oxygen atoms in total. The number of imide groups is 1. The van der Waals surface area contributed by atoms with Crippen LogP contribution >= 0.6 is 59.6 Å². The molecule has 0 radical (unpaired) electrons. The third-order valence-electron chi connectivity index (χ3n) is 5.70. The maximum absolute atomic E-state index is 13.0. The number of carbonyl (C=O) groups excluding carboxylic acids is 2. The van der Waals surface area contributed by atoms with Gasteiger partial charge in [-0.3, -0.25) is 14.5 Å². The molecule has 180 valence electrons. The fraction of sp³-hybridized carbons (Fsp3) is 0.0714. The maximum atomic E-state index is 13.0. The summed E-state index contributed by atoms with van der Waals surface area (Å²) in [5.74, 6) is 0.375. The van der Waals surface area contributed by atoms with Crippen LogP contribution in [0.4, 0.5) is 4.79 Å². The van der Waals surface area contributed by atoms with Gasteiger partial charge < -0.3 is 4.74 Å². The van der Waals surface area contributed by atoms with E-state index in [4.69, 9.17) is 4.74 Å². The molecule has 0 aliphatic carbocycles. The number of carbonyl (C=O) groups is 2. The molecule has 4 aromatic carbocycles. The topological polar surface area (TPSA) is 46.6 Å². The van der Waals surface area contributed by atoms with Gasteiger partial charge in [-0.25, -0.2) is 0 Å². The first-order valence-corrected chi connectivity index (χ1v) is 14.2. The van der Waals surface area contributed by atoms with Gasteiger partial charge in [-0.2, -0.15) is 0 Å². The second-order valence-corrected chi connectivity index (χ2v) is 11.8. The molecule has 1 fully saturated rings. The second kappa shape index (κ2) is 10.9. The van der Waals surface area contributed by atoms with Crippen LogP contribution in [0.2, 0.25) is 0 Å². The zero-order valence-electron chi connectivity index (χ0n) is 18.7. The van der Waals surface area contributed by atoms with Crippen LogP contribution in [0.3, 0.4) is 0 Å². The van der Waals surface area contributed by atoms with E-state index in [-0.39, 0.29) is 17.7 Å². The summed E-state index contributed by atoms with van der Waals surface area (Å²) in [5, 5.41) is 2.05. The van der Waals surface area contributed by atoms with Gasteiger partial charge in [0.2, 0.25) is 0 Å². The van der Waals surface area contributed by atoms with Crippen LogP contribution in [0.15, 0.2) is 97.2 Å². The minimum Gasteiger partial charge on any atom is -0.487 e. The molecular formula is C28H18Br3NO3S. The fourth-order valence-corrected chi connectivity index (χ4v) is 6.48. The summed E-state index contributed by atoms with van der Waals surface area (Å²) in [6.07, 6.45) is 1.73. The van der Waals surface area contributed by atoms with Gasteiger partial charge in [-0.05, 0) is 101 Å². The molecule has 5 rings (SSSR count). The lowest BCUT2D eigenvalue weighted by Gasteiger charge is -2.13. The maximum Gasteiger partial charge on any atom is 0.293 e. The van der Waals surface area contributed by atoms with E-state index >= 15 is 0 Å². The van der Waals surface area contributed by atoms with E-state index in [0.717, 1.165) is 47.3 Å². The van der Waals surface area contributed by atoms with Gasteiger partial charge in [-0.1, -0.05) is 70.5 Å². The average Bonchev–Trinajstić information content (AvgIpc) is 3.12. The van der Waals surface area contributed by atoms with Crippen molar-refractivity contribution in [3.8, 4) is 5.75 Å². The quantitative estimate of drug-likeness (QED) is 0.190. The Bertz CT molecular complexity index is 1490. The molecule has 2 amide bonds. The zero-order chi connectivity index (χ0) is 25.2. The molecule has 4 aromatic rings. The van der Waals surface area contributed by atoms with E-state index < -0.39 is 0 Å². The summed E-state index contributed by atoms with van der Waals surface area (Å²) in [6.45, 7) is 0.649. The highest BCUT2D eigenvalue weighted by molar-refractivity contribution is 9.11. The van der Waals surface area contributed by atoms with Gasteiger partial charge in [0, 0.05) is 4.47 Å². The monoisotopic (exact) mass is 685 g/mol. The van der Waals surface area contributed by atoms with E-state index in [1.165, 1.54) is 10.3 Å². The Labute approximate surface area is 238 Å². The molecule has 0 spiro atoms. The number of rotatable bonds is 6. The Morgan fingerprint density at radius 3 is 2.31 bits per heavy atom. The molecule has 36 heavy (non-hydrogen) atoms. The van der Waals surface area contributed by atoms with Gasteiger partial charge in [0.25, 0.3) is 11.1 Å². The minimum atomic E-state index is -0.295. The van der Waals surface area contributed by atoms with E-state index in [0.29, 0.717) is 17.3 Å². The van der Waals surface area contributed by atoms with Crippen molar-refractivity contribution < 1.29 is 14.3 Å². The average molecular weight is 688 g/mol. The SMILES string of the molecule is O=C1S/C(=C\c2cc(Br)c(OCc3cccc4ccccc34)c(Br)c2)C(=O)N1Cc1ccc(Br)cc1. The van der Waals surface area contributed by atoms with Gasteiger partial charge in [0.05, 0.1) is 20.4 Å². The van der Waals surface area contributed by atoms with Gasteiger partial charge in [0.1, 0.15) is 12.4 Å². The Morgan fingerprint density at radius 1 is 0.861 bits per heavy atom. The summed E-state index contributed by atoms with van der Waals surface area (Å²) in [6, 6.07) is 25.7. The highest BCUT2D eigenvalue weighted by atomic mass is 79.9. The zero-order valence-corrected chi connectivity index (χ0v) is 24.3. The lowest BCUT2D eigenvalue weighted by atomic mass is 10.1. The van der Waals surface area contributed by atoms with Crippen molar-refractivity contribution in [1.29, 1.82) is 0 Å². The second-order valence-electron chi connectivity index (χ2n) is 8.13. The summed E-state index contributed by atoms with van der Waals surface area (Å²) in [4.78, 5) is 27.1. The first kappa shape index (κ1) is 25.3. The van der Waals surface area contributed by atoms with Crippen LogP contribution in [0, 0.1) is 0 Å². The normalized spacial score (nSPS) is 14.8. The van der Waals surface area contributed by atoms with E-state index in [1.807, 2.05) is 54.6 Å². The number of nitrogens with zero attached hydrogens (tertiary/aromatic N) is 1. The standard InChI is InChI=1S/C28H18Br3NO3S/c29-21-10-8-17(9-11-21)15-32-27(33)25(36-28(32)34)14-18-12-23(30)26(24(31)13-18)35-16-20-6-3-5-19-4-1-2-7-22(19)20/h1-14H,15-16H2/b25-14-. The third kappa shape index (κ3) is 5.47. The third-order valence-corrected chi connectivity index (χ3v) is 8.31. The Hall–Kier alpha value is -2.39. The van der Waals surface area contributed by atoms with Crippen molar-refractivity contribution in [2.45, 2.75) is 13.2 Å². The largest absolute Gasteiger partial charge is 0.487 e. The first-order valence-electron chi connectivity index (χ1n) is 11.0. The van der Waals surface area contributed by atoms with Gasteiger partial charge in [0.15, 0.2) is 0 Å². The molecule has 8 heteroatoms. The molecule has 1 saturated heterocycles. The van der Waals surface area contributed by atoms with Crippen molar-refractivity contribution in [3.05, 3.63) is 114 Å². The van der Waals surface area contributed by atoms with E-state index in [2.05, 4.69) is 72.1 Å². The van der Waals surface area contributed by atoms with Crippen molar-refractivity contribution in [1.82, 2.24) is 4.90 Å². The molecule has 0 aromatic heterocycles. The van der Waals surface area contributed by atoms with Crippen molar-refractivity contribution in [2.24, 2.45) is 0 Å². The molecule has 1 aliphatic rings. The molecule has 0 atom stereocenters. The smallest absolute Gasteiger partial charge is 0.293 e. The van der Waals surface area contributed by atoms with Crippen LogP contribution in [0.1, 0.15) is 16.7 Å². The summed E-state index contributed by atoms with van der Waals surface area (Å²) in [7, 11) is 0. The van der Waals surface area contributed by atoms with Crippen LogP contribution in [0.25, 0.3) is 16.8 Å². The number of ether oxygens (including phenoxy) is 1. The molecule has 0 saturated carbocycles. The fourth-order valence-electron chi connectivity index (χ4n) is 3.93. The van der Waals surface area contributed by atoms with E-state index in [1.54, 1.807) is 6.08 Å². The lowest BCUT2D eigenvalue weighted by molar-refractivity contribution is -0.123. The molecule has 0 bridgehead atoms. The summed E-state index contributed by atoms with van der Waals surface area (Å²) >= 11 is 11.6. The van der Waals surface area contributed by atoms with Crippen LogP contribution in [-0.2, 0) is 17.9 Å². The van der Waals surface area contributed by atoms with Crippen molar-refractivity contribution in [3.63, 3.8) is 0 Å². The van der Waals surface area contributed by atoms with Crippen LogP contribution < -0.4 is 4.74 Å². The van der Waals surface area contributed by atoms with E-state index in [9.17, 15) is 9.59 Å². The first-order chi connectivity index (χ1) is 17.4. The summed E-state index contributed by atoms with van der Waals surface area (Å²) < 4.78 is 8.61. The predicted octanol–water partition coefficient (Wildman–Crippen LogP) is 8.94. The Kier molecular flexibility index (Phi) is 7.67.